The van der Waals surface area contributed by atoms with Crippen molar-refractivity contribution in [3.63, 3.8) is 0 Å². The molecule has 0 saturated heterocycles. The van der Waals surface area contributed by atoms with Gasteiger partial charge in [-0.05, 0) is 29.7 Å². The van der Waals surface area contributed by atoms with Crippen LogP contribution in [0.3, 0.4) is 0 Å². The number of aromatic nitrogens is 3. The summed E-state index contributed by atoms with van der Waals surface area (Å²) >= 11 is 0. The quantitative estimate of drug-likeness (QED) is 0.626. The smallest absolute Gasteiger partial charge is 0.303 e. The first-order chi connectivity index (χ1) is 14.4. The van der Waals surface area contributed by atoms with Gasteiger partial charge in [-0.15, -0.1) is 5.10 Å². The van der Waals surface area contributed by atoms with Crippen LogP contribution in [0, 0.1) is 0 Å². The molecule has 2 heterocycles. The fourth-order valence-corrected chi connectivity index (χ4v) is 3.93. The molecule has 158 valence electrons. The lowest BCUT2D eigenvalue weighted by Crippen LogP contribution is -2.29. The predicted molar refractivity (Wildman–Crippen MR) is 115 cm³/mol. The summed E-state index contributed by atoms with van der Waals surface area (Å²) in [5.41, 5.74) is 2.16. The van der Waals surface area contributed by atoms with Gasteiger partial charge in [0, 0.05) is 14.1 Å². The Kier molecular flexibility index (Phi) is 5.35. The first-order valence-corrected chi connectivity index (χ1v) is 10.9. The molecule has 0 spiro atoms. The Labute approximate surface area is 175 Å². The summed E-state index contributed by atoms with van der Waals surface area (Å²) in [5.74, 6) is 1.33. The van der Waals surface area contributed by atoms with E-state index in [0.29, 0.717) is 5.95 Å². The summed E-state index contributed by atoms with van der Waals surface area (Å²) in [7, 11) is 0.829. The fourth-order valence-electron chi connectivity index (χ4n) is 3.43. The van der Waals surface area contributed by atoms with Gasteiger partial charge in [-0.1, -0.05) is 42.5 Å². The van der Waals surface area contributed by atoms with Crippen LogP contribution < -0.4 is 14.8 Å². The van der Waals surface area contributed by atoms with Gasteiger partial charge in [0.1, 0.15) is 5.75 Å². The van der Waals surface area contributed by atoms with E-state index in [-0.39, 0.29) is 18.0 Å². The second kappa shape index (κ2) is 7.96. The fraction of sp³-hybridized carbons (Fsp3) is 0.300. The lowest BCUT2D eigenvalue weighted by molar-refractivity contribution is 0.413. The zero-order valence-electron chi connectivity index (χ0n) is 17.0. The van der Waals surface area contributed by atoms with Crippen LogP contribution in [-0.4, -0.2) is 48.7 Å². The highest BCUT2D eigenvalue weighted by molar-refractivity contribution is 7.90. The Morgan fingerprint density at radius 1 is 1.10 bits per heavy atom. The van der Waals surface area contributed by atoms with E-state index in [1.165, 1.54) is 14.1 Å². The lowest BCUT2D eigenvalue weighted by atomic mass is 9.93. The number of rotatable bonds is 6. The maximum Gasteiger partial charge on any atom is 0.303 e. The minimum atomic E-state index is -3.70. The Hall–Kier alpha value is -3.11. The molecule has 0 saturated carbocycles. The number of hydrogen-bond donors (Lipinski definition) is 2. The first kappa shape index (κ1) is 20.2. The topological polar surface area (TPSA) is 101 Å². The van der Waals surface area contributed by atoms with E-state index < -0.39 is 10.2 Å². The van der Waals surface area contributed by atoms with Crippen LogP contribution in [0.4, 0.5) is 11.9 Å². The van der Waals surface area contributed by atoms with Gasteiger partial charge in [0.2, 0.25) is 5.95 Å². The summed E-state index contributed by atoms with van der Waals surface area (Å²) in [6.07, 6.45) is 0.729. The normalized spacial score (nSPS) is 18.5. The van der Waals surface area contributed by atoms with E-state index in [4.69, 9.17) is 4.74 Å². The number of methoxy groups -OCH3 is 1. The van der Waals surface area contributed by atoms with Crippen molar-refractivity contribution in [2.24, 2.45) is 0 Å². The number of fused-ring (bicyclic) bond motifs is 1. The second-order valence-electron chi connectivity index (χ2n) is 7.23. The maximum atomic E-state index is 12.2. The molecule has 4 rings (SSSR count). The van der Waals surface area contributed by atoms with Crippen LogP contribution in [-0.2, 0) is 10.2 Å². The molecule has 1 aliphatic rings. The minimum absolute atomic E-state index is 0.0175. The summed E-state index contributed by atoms with van der Waals surface area (Å²) in [6.45, 7) is 0. The highest BCUT2D eigenvalue weighted by Gasteiger charge is 2.32. The average molecular weight is 429 g/mol. The van der Waals surface area contributed by atoms with Crippen molar-refractivity contribution in [2.75, 3.05) is 31.2 Å². The molecule has 2 N–H and O–H groups in total. The van der Waals surface area contributed by atoms with E-state index in [2.05, 4.69) is 20.1 Å². The average Bonchev–Trinajstić information content (AvgIpc) is 3.15. The Balaban J connectivity index is 1.71. The number of hydrogen-bond acceptors (Lipinski definition) is 6. The van der Waals surface area contributed by atoms with Gasteiger partial charge in [0.15, 0.2) is 0 Å². The predicted octanol–water partition coefficient (Wildman–Crippen LogP) is 2.65. The van der Waals surface area contributed by atoms with Crippen LogP contribution in [0.1, 0.15) is 29.6 Å². The van der Waals surface area contributed by atoms with Crippen molar-refractivity contribution in [3.8, 4) is 5.75 Å². The zero-order valence-corrected chi connectivity index (χ0v) is 17.8. The second-order valence-corrected chi connectivity index (χ2v) is 9.11. The van der Waals surface area contributed by atoms with Gasteiger partial charge in [-0.3, -0.25) is 0 Å². The highest BCUT2D eigenvalue weighted by atomic mass is 32.2. The van der Waals surface area contributed by atoms with Crippen molar-refractivity contribution in [2.45, 2.75) is 18.5 Å². The van der Waals surface area contributed by atoms with E-state index in [1.807, 2.05) is 54.6 Å². The van der Waals surface area contributed by atoms with Crippen molar-refractivity contribution < 1.29 is 13.2 Å². The minimum Gasteiger partial charge on any atom is -0.497 e. The molecule has 0 aliphatic carbocycles. The third kappa shape index (κ3) is 3.96. The van der Waals surface area contributed by atoms with Gasteiger partial charge in [-0.25, -0.2) is 9.40 Å². The van der Waals surface area contributed by atoms with Crippen LogP contribution in [0.2, 0.25) is 0 Å². The molecule has 0 radical (unpaired) electrons. The number of ether oxygens (including phenoxy) is 1. The van der Waals surface area contributed by atoms with E-state index in [1.54, 1.807) is 11.8 Å². The monoisotopic (exact) mass is 428 g/mol. The third-order valence-electron chi connectivity index (χ3n) is 5.09. The summed E-state index contributed by atoms with van der Waals surface area (Å²) in [6, 6.07) is 17.8. The van der Waals surface area contributed by atoms with Gasteiger partial charge in [-0.2, -0.15) is 17.7 Å². The summed E-state index contributed by atoms with van der Waals surface area (Å²) in [5, 5.41) is 7.82. The molecular formula is C20H24N6O3S. The third-order valence-corrected chi connectivity index (χ3v) is 6.49. The largest absolute Gasteiger partial charge is 0.497 e. The summed E-state index contributed by atoms with van der Waals surface area (Å²) in [4.78, 5) is 4.40. The molecule has 0 fully saturated rings. The van der Waals surface area contributed by atoms with Crippen LogP contribution >= 0.6 is 0 Å². The number of nitrogens with one attached hydrogen (secondary N) is 2. The lowest BCUT2D eigenvalue weighted by Gasteiger charge is -2.31. The molecule has 30 heavy (non-hydrogen) atoms. The molecule has 0 unspecified atom stereocenters. The first-order valence-electron chi connectivity index (χ1n) is 9.49. The molecule has 0 bridgehead atoms. The van der Waals surface area contributed by atoms with E-state index in [9.17, 15) is 8.42 Å². The Morgan fingerprint density at radius 2 is 1.80 bits per heavy atom. The van der Waals surface area contributed by atoms with Gasteiger partial charge in [0.25, 0.3) is 5.95 Å². The molecule has 10 heteroatoms. The van der Waals surface area contributed by atoms with Gasteiger partial charge < -0.3 is 10.1 Å². The highest BCUT2D eigenvalue weighted by Crippen LogP contribution is 2.38. The van der Waals surface area contributed by atoms with Crippen molar-refractivity contribution in [1.82, 2.24) is 19.1 Å². The molecule has 1 aliphatic heterocycles. The van der Waals surface area contributed by atoms with Gasteiger partial charge >= 0.3 is 10.2 Å². The van der Waals surface area contributed by atoms with Crippen molar-refractivity contribution in [1.29, 1.82) is 0 Å². The maximum absolute atomic E-state index is 12.2. The number of nitrogens with zero attached hydrogens (tertiary/aromatic N) is 4. The SMILES string of the molecule is COc1ccc([C@@H]2C[C@H](c3ccccc3)n3nc(NS(=O)(=O)N(C)C)nc3N2)cc1. The van der Waals surface area contributed by atoms with E-state index >= 15 is 0 Å². The van der Waals surface area contributed by atoms with Crippen LogP contribution in [0.15, 0.2) is 54.6 Å². The molecule has 0 amide bonds. The Morgan fingerprint density at radius 3 is 2.43 bits per heavy atom. The standard InChI is InChI=1S/C20H24N6O3S/c1-25(2)30(27,28)24-19-22-20-21-17(14-9-11-16(29-3)12-10-14)13-18(26(20)23-19)15-7-5-4-6-8-15/h4-12,17-18H,13H2,1-3H3,(H2,21,22,23,24)/t17-,18+/m0/s1. The van der Waals surface area contributed by atoms with Crippen LogP contribution in [0.25, 0.3) is 0 Å². The molecule has 2 atom stereocenters. The number of benzene rings is 2. The Bertz CT molecular complexity index is 1110. The molecular weight excluding hydrogens is 404 g/mol. The van der Waals surface area contributed by atoms with E-state index in [0.717, 1.165) is 27.6 Å². The van der Waals surface area contributed by atoms with Crippen LogP contribution in [0.5, 0.6) is 5.75 Å². The van der Waals surface area contributed by atoms with Gasteiger partial charge in [0.05, 0.1) is 19.2 Å². The van der Waals surface area contributed by atoms with Crippen molar-refractivity contribution >= 4 is 22.1 Å². The summed E-state index contributed by atoms with van der Waals surface area (Å²) < 4.78 is 34.9. The molecule has 2 aromatic carbocycles. The molecule has 3 aromatic rings. The molecule has 9 nitrogen and oxygen atoms in total. The van der Waals surface area contributed by atoms with Crippen molar-refractivity contribution in [3.05, 3.63) is 65.7 Å². The number of anilines is 2. The zero-order chi connectivity index (χ0) is 21.3. The molecule has 1 aromatic heterocycles.